The van der Waals surface area contributed by atoms with Crippen molar-refractivity contribution in [1.82, 2.24) is 9.38 Å². The van der Waals surface area contributed by atoms with E-state index < -0.39 is 0 Å². The lowest BCUT2D eigenvalue weighted by atomic mass is 10.1. The number of nitrogens with one attached hydrogen (secondary N) is 1. The number of amides is 1. The maximum absolute atomic E-state index is 11.4. The topological polar surface area (TPSA) is 55.6 Å². The van der Waals surface area contributed by atoms with E-state index in [4.69, 9.17) is 11.2 Å². The number of hydrogen-bond donors (Lipinski definition) is 1. The first-order valence-corrected chi connectivity index (χ1v) is 8.40. The molecule has 1 amide bonds. The van der Waals surface area contributed by atoms with Crippen molar-refractivity contribution < 1.29 is 9.53 Å². The standard InChI is InChI=1S/C21H21N3O2/c1-5-8-19-15(3)22-21-20(11-7-12-24(19)21)26-13-17-14(2)9-6-10-18(17)23-16(4)25/h1,6-7,9-12H,8,13H2,2-4H3,(H,23,25). The van der Waals surface area contributed by atoms with Gasteiger partial charge in [0.05, 0.1) is 17.8 Å². The molecular formula is C21H21N3O2. The minimum absolute atomic E-state index is 0.109. The summed E-state index contributed by atoms with van der Waals surface area (Å²) in [4.78, 5) is 16.1. The molecule has 5 nitrogen and oxygen atoms in total. The van der Waals surface area contributed by atoms with Crippen LogP contribution in [0.1, 0.15) is 29.4 Å². The van der Waals surface area contributed by atoms with E-state index in [0.29, 0.717) is 18.8 Å². The molecule has 0 atom stereocenters. The minimum atomic E-state index is -0.109. The molecule has 3 rings (SSSR count). The summed E-state index contributed by atoms with van der Waals surface area (Å²) in [6.07, 6.45) is 7.92. The number of benzene rings is 1. The van der Waals surface area contributed by atoms with Gasteiger partial charge in [0, 0.05) is 24.4 Å². The van der Waals surface area contributed by atoms with Crippen LogP contribution in [0.5, 0.6) is 5.75 Å². The summed E-state index contributed by atoms with van der Waals surface area (Å²) in [5.41, 5.74) is 5.38. The van der Waals surface area contributed by atoms with Gasteiger partial charge in [0.1, 0.15) is 6.61 Å². The van der Waals surface area contributed by atoms with Crippen LogP contribution in [0.15, 0.2) is 36.5 Å². The molecule has 0 spiro atoms. The molecule has 3 aromatic rings. The van der Waals surface area contributed by atoms with Gasteiger partial charge < -0.3 is 10.1 Å². The molecule has 0 aliphatic heterocycles. The molecule has 2 aromatic heterocycles. The normalized spacial score (nSPS) is 10.5. The van der Waals surface area contributed by atoms with Gasteiger partial charge in [0.25, 0.3) is 0 Å². The number of fused-ring (bicyclic) bond motifs is 1. The molecule has 0 aliphatic rings. The number of nitrogens with zero attached hydrogens (tertiary/aromatic N) is 2. The highest BCUT2D eigenvalue weighted by Crippen LogP contribution is 2.26. The van der Waals surface area contributed by atoms with Crippen molar-refractivity contribution in [3.05, 3.63) is 59.0 Å². The van der Waals surface area contributed by atoms with Gasteiger partial charge in [0.2, 0.25) is 5.91 Å². The third-order valence-corrected chi connectivity index (χ3v) is 4.28. The van der Waals surface area contributed by atoms with Crippen LogP contribution < -0.4 is 10.1 Å². The summed E-state index contributed by atoms with van der Waals surface area (Å²) in [7, 11) is 0. The smallest absolute Gasteiger partial charge is 0.221 e. The Morgan fingerprint density at radius 1 is 1.31 bits per heavy atom. The monoisotopic (exact) mass is 347 g/mol. The summed E-state index contributed by atoms with van der Waals surface area (Å²) in [6, 6.07) is 9.58. The molecule has 1 aromatic carbocycles. The number of imidazole rings is 1. The number of ether oxygens (including phenoxy) is 1. The molecule has 132 valence electrons. The predicted molar refractivity (Wildman–Crippen MR) is 102 cm³/mol. The molecule has 0 fully saturated rings. The Kier molecular flexibility index (Phi) is 4.94. The fourth-order valence-corrected chi connectivity index (χ4v) is 2.98. The first kappa shape index (κ1) is 17.6. The highest BCUT2D eigenvalue weighted by Gasteiger charge is 2.13. The number of aryl methyl sites for hydroxylation is 2. The van der Waals surface area contributed by atoms with E-state index in [0.717, 1.165) is 33.8 Å². The third kappa shape index (κ3) is 3.40. The van der Waals surface area contributed by atoms with Gasteiger partial charge in [-0.2, -0.15) is 0 Å². The number of carbonyl (C=O) groups excluding carboxylic acids is 1. The Hall–Kier alpha value is -3.26. The van der Waals surface area contributed by atoms with Crippen LogP contribution in [0.4, 0.5) is 5.69 Å². The molecule has 5 heteroatoms. The van der Waals surface area contributed by atoms with Crippen molar-refractivity contribution in [2.24, 2.45) is 0 Å². The van der Waals surface area contributed by atoms with Gasteiger partial charge in [-0.05, 0) is 37.6 Å². The van der Waals surface area contributed by atoms with Gasteiger partial charge >= 0.3 is 0 Å². The van der Waals surface area contributed by atoms with Gasteiger partial charge in [-0.15, -0.1) is 12.3 Å². The first-order valence-electron chi connectivity index (χ1n) is 8.40. The van der Waals surface area contributed by atoms with Crippen LogP contribution >= 0.6 is 0 Å². The second-order valence-electron chi connectivity index (χ2n) is 6.16. The zero-order valence-electron chi connectivity index (χ0n) is 15.2. The number of anilines is 1. The summed E-state index contributed by atoms with van der Waals surface area (Å²) < 4.78 is 8.04. The van der Waals surface area contributed by atoms with Crippen LogP contribution in [0.3, 0.4) is 0 Å². The highest BCUT2D eigenvalue weighted by atomic mass is 16.5. The molecule has 1 N–H and O–H groups in total. The highest BCUT2D eigenvalue weighted by molar-refractivity contribution is 5.89. The maximum Gasteiger partial charge on any atom is 0.221 e. The van der Waals surface area contributed by atoms with Crippen LogP contribution in [0.25, 0.3) is 5.65 Å². The summed E-state index contributed by atoms with van der Waals surface area (Å²) in [5, 5.41) is 2.86. The van der Waals surface area contributed by atoms with E-state index in [-0.39, 0.29) is 5.91 Å². The lowest BCUT2D eigenvalue weighted by molar-refractivity contribution is -0.114. The fraction of sp³-hybridized carbons (Fsp3) is 0.238. The fourth-order valence-electron chi connectivity index (χ4n) is 2.98. The SMILES string of the molecule is C#CCc1c(C)nc2c(OCc3c(C)cccc3NC(C)=O)cccn12. The largest absolute Gasteiger partial charge is 0.485 e. The average molecular weight is 347 g/mol. The Balaban J connectivity index is 1.93. The number of rotatable bonds is 5. The van der Waals surface area contributed by atoms with Crippen molar-refractivity contribution in [3.8, 4) is 18.1 Å². The maximum atomic E-state index is 11.4. The Labute approximate surface area is 153 Å². The van der Waals surface area contributed by atoms with E-state index in [1.54, 1.807) is 0 Å². The Morgan fingerprint density at radius 3 is 2.85 bits per heavy atom. The van der Waals surface area contributed by atoms with E-state index >= 15 is 0 Å². The van der Waals surface area contributed by atoms with Gasteiger partial charge in [-0.25, -0.2) is 4.98 Å². The first-order chi connectivity index (χ1) is 12.5. The molecule has 0 unspecified atom stereocenters. The molecule has 0 saturated heterocycles. The summed E-state index contributed by atoms with van der Waals surface area (Å²) >= 11 is 0. The molecule has 0 radical (unpaired) electrons. The van der Waals surface area contributed by atoms with E-state index in [2.05, 4.69) is 16.2 Å². The number of pyridine rings is 1. The zero-order chi connectivity index (χ0) is 18.7. The number of carbonyl (C=O) groups is 1. The van der Waals surface area contributed by atoms with E-state index in [1.165, 1.54) is 6.92 Å². The van der Waals surface area contributed by atoms with Crippen molar-refractivity contribution in [1.29, 1.82) is 0 Å². The van der Waals surface area contributed by atoms with Gasteiger partial charge in [-0.1, -0.05) is 12.1 Å². The van der Waals surface area contributed by atoms with E-state index in [1.807, 2.05) is 54.8 Å². The third-order valence-electron chi connectivity index (χ3n) is 4.28. The number of aromatic nitrogens is 2. The second-order valence-corrected chi connectivity index (χ2v) is 6.16. The number of hydrogen-bond acceptors (Lipinski definition) is 3. The quantitative estimate of drug-likeness (QED) is 0.717. The molecule has 0 aliphatic carbocycles. The van der Waals surface area contributed by atoms with Crippen LogP contribution in [-0.2, 0) is 17.8 Å². The Morgan fingerprint density at radius 2 is 2.12 bits per heavy atom. The van der Waals surface area contributed by atoms with Crippen LogP contribution in [0, 0.1) is 26.2 Å². The molecule has 26 heavy (non-hydrogen) atoms. The van der Waals surface area contributed by atoms with Crippen molar-refractivity contribution >= 4 is 17.2 Å². The van der Waals surface area contributed by atoms with Crippen molar-refractivity contribution in [3.63, 3.8) is 0 Å². The van der Waals surface area contributed by atoms with E-state index in [9.17, 15) is 4.79 Å². The molecule has 2 heterocycles. The van der Waals surface area contributed by atoms with Crippen molar-refractivity contribution in [2.45, 2.75) is 33.8 Å². The van der Waals surface area contributed by atoms with Crippen LogP contribution in [0.2, 0.25) is 0 Å². The van der Waals surface area contributed by atoms with Crippen molar-refractivity contribution in [2.75, 3.05) is 5.32 Å². The Bertz CT molecular complexity index is 1010. The summed E-state index contributed by atoms with van der Waals surface area (Å²) in [5.74, 6) is 3.24. The van der Waals surface area contributed by atoms with Crippen LogP contribution in [-0.4, -0.2) is 15.3 Å². The second kappa shape index (κ2) is 7.32. The lowest BCUT2D eigenvalue weighted by Crippen LogP contribution is -2.10. The number of terminal acetylenes is 1. The van der Waals surface area contributed by atoms with Gasteiger partial charge in [0.15, 0.2) is 11.4 Å². The minimum Gasteiger partial charge on any atom is -0.485 e. The predicted octanol–water partition coefficient (Wildman–Crippen LogP) is 3.66. The lowest BCUT2D eigenvalue weighted by Gasteiger charge is -2.14. The zero-order valence-corrected chi connectivity index (χ0v) is 15.2. The summed E-state index contributed by atoms with van der Waals surface area (Å²) in [6.45, 7) is 5.77. The molecule has 0 saturated carbocycles. The molecule has 0 bridgehead atoms. The molecular weight excluding hydrogens is 326 g/mol. The van der Waals surface area contributed by atoms with Gasteiger partial charge in [-0.3, -0.25) is 9.20 Å². The average Bonchev–Trinajstić information content (AvgIpc) is 2.91.